The number of hydrogen-bond acceptors (Lipinski definition) is 3. The van der Waals surface area contributed by atoms with E-state index in [2.05, 4.69) is 27.6 Å². The van der Waals surface area contributed by atoms with Gasteiger partial charge in [-0.3, -0.25) is 0 Å². The highest BCUT2D eigenvalue weighted by Gasteiger charge is 2.17. The van der Waals surface area contributed by atoms with Crippen molar-refractivity contribution in [3.05, 3.63) is 45.6 Å². The SMILES string of the molecule is COc1ccc(C(O)c2c(I)ncn2C)cc1. The van der Waals surface area contributed by atoms with Crippen LogP contribution in [0.4, 0.5) is 0 Å². The van der Waals surface area contributed by atoms with Crippen molar-refractivity contribution < 1.29 is 9.84 Å². The van der Waals surface area contributed by atoms with Gasteiger partial charge in [0.2, 0.25) is 0 Å². The van der Waals surface area contributed by atoms with Crippen LogP contribution in [0.3, 0.4) is 0 Å². The lowest BCUT2D eigenvalue weighted by molar-refractivity contribution is 0.210. The second kappa shape index (κ2) is 5.05. The molecule has 2 aromatic rings. The number of aryl methyl sites for hydroxylation is 1. The summed E-state index contributed by atoms with van der Waals surface area (Å²) in [4.78, 5) is 4.16. The molecule has 0 spiro atoms. The van der Waals surface area contributed by atoms with E-state index in [4.69, 9.17) is 4.74 Å². The van der Waals surface area contributed by atoms with Crippen LogP contribution in [0, 0.1) is 3.70 Å². The number of nitrogens with zero attached hydrogens (tertiary/aromatic N) is 2. The topological polar surface area (TPSA) is 47.3 Å². The molecule has 1 aromatic heterocycles. The third kappa shape index (κ3) is 2.44. The molecule has 0 fully saturated rings. The normalized spacial score (nSPS) is 12.5. The summed E-state index contributed by atoms with van der Waals surface area (Å²) in [5, 5.41) is 10.3. The number of methoxy groups -OCH3 is 1. The van der Waals surface area contributed by atoms with Crippen molar-refractivity contribution in [3.8, 4) is 5.75 Å². The molecule has 1 heterocycles. The first-order valence-electron chi connectivity index (χ1n) is 5.12. The van der Waals surface area contributed by atoms with E-state index in [1.54, 1.807) is 13.4 Å². The summed E-state index contributed by atoms with van der Waals surface area (Å²) >= 11 is 2.12. The number of rotatable bonds is 3. The quantitative estimate of drug-likeness (QED) is 0.868. The third-order valence-electron chi connectivity index (χ3n) is 2.63. The van der Waals surface area contributed by atoms with Gasteiger partial charge in [0.15, 0.2) is 0 Å². The lowest BCUT2D eigenvalue weighted by Crippen LogP contribution is -2.06. The maximum Gasteiger partial charge on any atom is 0.125 e. The average molecular weight is 344 g/mol. The van der Waals surface area contributed by atoms with Gasteiger partial charge in [-0.1, -0.05) is 12.1 Å². The lowest BCUT2D eigenvalue weighted by atomic mass is 10.1. The largest absolute Gasteiger partial charge is 0.497 e. The monoisotopic (exact) mass is 344 g/mol. The van der Waals surface area contributed by atoms with E-state index in [0.717, 1.165) is 20.7 Å². The zero-order valence-corrected chi connectivity index (χ0v) is 11.7. The minimum absolute atomic E-state index is 0.666. The zero-order valence-electron chi connectivity index (χ0n) is 9.59. The first-order chi connectivity index (χ1) is 8.13. The van der Waals surface area contributed by atoms with Crippen molar-refractivity contribution in [1.29, 1.82) is 0 Å². The summed E-state index contributed by atoms with van der Waals surface area (Å²) < 4.78 is 7.73. The van der Waals surface area contributed by atoms with Crippen LogP contribution in [0.25, 0.3) is 0 Å². The first kappa shape index (κ1) is 12.4. The molecule has 0 aliphatic heterocycles. The Bertz CT molecular complexity index is 488. The van der Waals surface area contributed by atoms with Crippen molar-refractivity contribution in [1.82, 2.24) is 9.55 Å². The molecular formula is C12H13IN2O2. The second-order valence-electron chi connectivity index (χ2n) is 3.71. The Balaban J connectivity index is 2.33. The predicted molar refractivity (Wildman–Crippen MR) is 73.0 cm³/mol. The molecule has 0 saturated carbocycles. The van der Waals surface area contributed by atoms with Crippen molar-refractivity contribution in [2.75, 3.05) is 7.11 Å². The third-order valence-corrected chi connectivity index (χ3v) is 3.46. The minimum atomic E-state index is -0.666. The predicted octanol–water partition coefficient (Wildman–Crippen LogP) is 2.12. The Morgan fingerprint density at radius 2 is 2.00 bits per heavy atom. The molecular weight excluding hydrogens is 331 g/mol. The zero-order chi connectivity index (χ0) is 12.4. The van der Waals surface area contributed by atoms with Crippen molar-refractivity contribution in [2.24, 2.45) is 7.05 Å². The van der Waals surface area contributed by atoms with Crippen LogP contribution in [0.2, 0.25) is 0 Å². The Labute approximate surface area is 113 Å². The van der Waals surface area contributed by atoms with Crippen LogP contribution in [0.15, 0.2) is 30.6 Å². The van der Waals surface area contributed by atoms with Crippen LogP contribution in [0.1, 0.15) is 17.4 Å². The molecule has 1 N–H and O–H groups in total. The van der Waals surface area contributed by atoms with Gasteiger partial charge >= 0.3 is 0 Å². The van der Waals surface area contributed by atoms with Gasteiger partial charge in [0.25, 0.3) is 0 Å². The number of imidazole rings is 1. The van der Waals surface area contributed by atoms with Crippen molar-refractivity contribution in [2.45, 2.75) is 6.10 Å². The molecule has 90 valence electrons. The smallest absolute Gasteiger partial charge is 0.125 e. The molecule has 0 aliphatic rings. The Morgan fingerprint density at radius 3 is 2.47 bits per heavy atom. The number of benzene rings is 1. The standard InChI is InChI=1S/C12H13IN2O2/c1-15-7-14-12(13)10(15)11(16)8-3-5-9(17-2)6-4-8/h3-7,11,16H,1-2H3. The van der Waals surface area contributed by atoms with E-state index in [1.807, 2.05) is 35.9 Å². The molecule has 0 saturated heterocycles. The van der Waals surface area contributed by atoms with Gasteiger partial charge in [0, 0.05) is 7.05 Å². The molecule has 1 atom stereocenters. The number of aliphatic hydroxyl groups excluding tert-OH is 1. The van der Waals surface area contributed by atoms with Gasteiger partial charge in [-0.25, -0.2) is 4.98 Å². The van der Waals surface area contributed by atoms with E-state index in [9.17, 15) is 5.11 Å². The fraction of sp³-hybridized carbons (Fsp3) is 0.250. The molecule has 0 bridgehead atoms. The molecule has 17 heavy (non-hydrogen) atoms. The summed E-state index contributed by atoms with van der Waals surface area (Å²) in [6.45, 7) is 0. The molecule has 5 heteroatoms. The summed E-state index contributed by atoms with van der Waals surface area (Å²) in [5.41, 5.74) is 1.63. The van der Waals surface area contributed by atoms with Crippen molar-refractivity contribution in [3.63, 3.8) is 0 Å². The highest BCUT2D eigenvalue weighted by atomic mass is 127. The van der Waals surface area contributed by atoms with Crippen LogP contribution < -0.4 is 4.74 Å². The molecule has 2 rings (SSSR count). The lowest BCUT2D eigenvalue weighted by Gasteiger charge is -2.13. The Morgan fingerprint density at radius 1 is 1.35 bits per heavy atom. The highest BCUT2D eigenvalue weighted by molar-refractivity contribution is 14.1. The van der Waals surface area contributed by atoms with E-state index in [1.165, 1.54) is 0 Å². The van der Waals surface area contributed by atoms with Gasteiger partial charge < -0.3 is 14.4 Å². The number of ether oxygens (including phenoxy) is 1. The summed E-state index contributed by atoms with van der Waals surface area (Å²) in [7, 11) is 3.49. The van der Waals surface area contributed by atoms with E-state index >= 15 is 0 Å². The summed E-state index contributed by atoms with van der Waals surface area (Å²) in [6, 6.07) is 7.38. The fourth-order valence-electron chi connectivity index (χ4n) is 1.66. The van der Waals surface area contributed by atoms with Gasteiger partial charge in [0.05, 0.1) is 19.1 Å². The Kier molecular flexibility index (Phi) is 3.68. The summed E-state index contributed by atoms with van der Waals surface area (Å²) in [6.07, 6.45) is 1.03. The van der Waals surface area contributed by atoms with Crippen LogP contribution in [0.5, 0.6) is 5.75 Å². The molecule has 1 unspecified atom stereocenters. The fourth-order valence-corrected chi connectivity index (χ4v) is 2.46. The second-order valence-corrected chi connectivity index (χ2v) is 4.73. The number of halogens is 1. The molecule has 0 radical (unpaired) electrons. The number of hydrogen-bond donors (Lipinski definition) is 1. The number of aromatic nitrogens is 2. The molecule has 1 aromatic carbocycles. The van der Waals surface area contributed by atoms with Crippen LogP contribution in [-0.4, -0.2) is 21.8 Å². The molecule has 0 aliphatic carbocycles. The van der Waals surface area contributed by atoms with E-state index < -0.39 is 6.10 Å². The number of aliphatic hydroxyl groups is 1. The van der Waals surface area contributed by atoms with Gasteiger partial charge in [-0.05, 0) is 40.3 Å². The van der Waals surface area contributed by atoms with E-state index in [0.29, 0.717) is 0 Å². The van der Waals surface area contributed by atoms with Crippen molar-refractivity contribution >= 4 is 22.6 Å². The Hall–Kier alpha value is -1.08. The minimum Gasteiger partial charge on any atom is -0.497 e. The van der Waals surface area contributed by atoms with Gasteiger partial charge in [0.1, 0.15) is 15.6 Å². The molecule has 0 amide bonds. The first-order valence-corrected chi connectivity index (χ1v) is 6.20. The maximum absolute atomic E-state index is 10.3. The average Bonchev–Trinajstić information content (AvgIpc) is 2.68. The molecule has 4 nitrogen and oxygen atoms in total. The van der Waals surface area contributed by atoms with E-state index in [-0.39, 0.29) is 0 Å². The summed E-state index contributed by atoms with van der Waals surface area (Å²) in [5.74, 6) is 0.778. The van der Waals surface area contributed by atoms with Crippen LogP contribution >= 0.6 is 22.6 Å². The van der Waals surface area contributed by atoms with Gasteiger partial charge in [-0.15, -0.1) is 0 Å². The van der Waals surface area contributed by atoms with Gasteiger partial charge in [-0.2, -0.15) is 0 Å². The highest BCUT2D eigenvalue weighted by Crippen LogP contribution is 2.26. The van der Waals surface area contributed by atoms with Crippen LogP contribution in [-0.2, 0) is 7.05 Å². The maximum atomic E-state index is 10.3.